The van der Waals surface area contributed by atoms with E-state index in [1.807, 2.05) is 19.1 Å². The van der Waals surface area contributed by atoms with Crippen LogP contribution in [0.25, 0.3) is 0 Å². The average molecular weight is 259 g/mol. The number of benzene rings is 1. The summed E-state index contributed by atoms with van der Waals surface area (Å²) in [7, 11) is 1.57. The Bertz CT molecular complexity index is 369. The first-order valence-electron chi connectivity index (χ1n) is 5.25. The largest absolute Gasteiger partial charge is 0.495 e. The van der Waals surface area contributed by atoms with Crippen LogP contribution in [0, 0.1) is 5.92 Å². The number of anilines is 1. The van der Waals surface area contributed by atoms with Crippen LogP contribution in [0.1, 0.15) is 13.8 Å². The summed E-state index contributed by atoms with van der Waals surface area (Å²) in [4.78, 5) is 11.8. The minimum atomic E-state index is -0.232. The molecule has 1 aromatic rings. The Hall–Kier alpha value is -1.26. The lowest BCUT2D eigenvalue weighted by Gasteiger charge is -2.16. The first-order chi connectivity index (χ1) is 7.56. The fourth-order valence-corrected chi connectivity index (χ4v) is 1.23. The van der Waals surface area contributed by atoms with Crippen LogP contribution in [0.5, 0.6) is 5.75 Å². The van der Waals surface area contributed by atoms with Gasteiger partial charge >= 0.3 is 0 Å². The van der Waals surface area contributed by atoms with Crippen molar-refractivity contribution in [3.05, 3.63) is 24.3 Å². The Morgan fingerprint density at radius 2 is 1.94 bits per heavy atom. The molecule has 5 heteroatoms. The van der Waals surface area contributed by atoms with Crippen molar-refractivity contribution in [1.82, 2.24) is 0 Å². The highest BCUT2D eigenvalue weighted by molar-refractivity contribution is 5.94. The van der Waals surface area contributed by atoms with Crippen molar-refractivity contribution in [2.24, 2.45) is 11.7 Å². The molecule has 4 nitrogen and oxygen atoms in total. The van der Waals surface area contributed by atoms with Gasteiger partial charge in [0.15, 0.2) is 0 Å². The fourth-order valence-electron chi connectivity index (χ4n) is 1.23. The highest BCUT2D eigenvalue weighted by Gasteiger charge is 2.17. The monoisotopic (exact) mass is 258 g/mol. The number of amides is 1. The summed E-state index contributed by atoms with van der Waals surface area (Å²) in [6.45, 7) is 3.61. The van der Waals surface area contributed by atoms with Crippen molar-refractivity contribution >= 4 is 24.0 Å². The summed E-state index contributed by atoms with van der Waals surface area (Å²) in [6, 6.07) is 7.12. The van der Waals surface area contributed by atoms with Crippen LogP contribution >= 0.6 is 12.4 Å². The van der Waals surface area contributed by atoms with Gasteiger partial charge in [0.1, 0.15) is 5.75 Å². The number of nitrogens with one attached hydrogen (secondary N) is 1. The molecule has 3 N–H and O–H groups in total. The summed E-state index contributed by atoms with van der Waals surface area (Å²) in [5.74, 6) is 0.317. The normalized spacial score (nSPS) is 13.2. The molecule has 2 atom stereocenters. The molecule has 0 radical (unpaired) electrons. The number of hydrogen-bond donors (Lipinski definition) is 2. The SMILES string of the molecule is COc1ccccc1NC(=O)C(C)C(C)N.Cl. The van der Waals surface area contributed by atoms with Gasteiger partial charge in [-0.2, -0.15) is 0 Å². The molecular weight excluding hydrogens is 240 g/mol. The molecular formula is C12H19ClN2O2. The Morgan fingerprint density at radius 1 is 1.35 bits per heavy atom. The van der Waals surface area contributed by atoms with Crippen LogP contribution in [0.4, 0.5) is 5.69 Å². The van der Waals surface area contributed by atoms with E-state index < -0.39 is 0 Å². The molecule has 0 bridgehead atoms. The number of rotatable bonds is 4. The number of ether oxygens (including phenoxy) is 1. The standard InChI is InChI=1S/C12H18N2O2.ClH/c1-8(9(2)13)12(15)14-10-6-4-5-7-11(10)16-3;/h4-9H,13H2,1-3H3,(H,14,15);1H. The number of nitrogens with two attached hydrogens (primary N) is 1. The van der Waals surface area contributed by atoms with Crippen molar-refractivity contribution in [1.29, 1.82) is 0 Å². The van der Waals surface area contributed by atoms with Crippen molar-refractivity contribution < 1.29 is 9.53 Å². The summed E-state index contributed by atoms with van der Waals surface area (Å²) in [5, 5.41) is 2.80. The molecule has 0 heterocycles. The molecule has 0 aliphatic rings. The number of methoxy groups -OCH3 is 1. The zero-order valence-electron chi connectivity index (χ0n) is 10.3. The summed E-state index contributed by atoms with van der Waals surface area (Å²) < 4.78 is 5.14. The second-order valence-corrected chi connectivity index (χ2v) is 3.84. The Labute approximate surface area is 108 Å². The smallest absolute Gasteiger partial charge is 0.228 e. The van der Waals surface area contributed by atoms with E-state index in [9.17, 15) is 4.79 Å². The van der Waals surface area contributed by atoms with Gasteiger partial charge in [-0.15, -0.1) is 12.4 Å². The number of hydrogen-bond acceptors (Lipinski definition) is 3. The van der Waals surface area contributed by atoms with Gasteiger partial charge in [-0.25, -0.2) is 0 Å². The lowest BCUT2D eigenvalue weighted by Crippen LogP contribution is -2.34. The van der Waals surface area contributed by atoms with Crippen molar-refractivity contribution in [2.45, 2.75) is 19.9 Å². The van der Waals surface area contributed by atoms with Gasteiger partial charge in [-0.1, -0.05) is 19.1 Å². The van der Waals surface area contributed by atoms with E-state index in [4.69, 9.17) is 10.5 Å². The maximum absolute atomic E-state index is 11.8. The third-order valence-corrected chi connectivity index (χ3v) is 2.57. The molecule has 0 aliphatic carbocycles. The Morgan fingerprint density at radius 3 is 2.47 bits per heavy atom. The number of carbonyl (C=O) groups excluding carboxylic acids is 1. The molecule has 1 aromatic carbocycles. The van der Waals surface area contributed by atoms with Gasteiger partial charge in [-0.3, -0.25) is 4.79 Å². The van der Waals surface area contributed by atoms with E-state index >= 15 is 0 Å². The van der Waals surface area contributed by atoms with Crippen LogP contribution in [0.2, 0.25) is 0 Å². The molecule has 0 spiro atoms. The molecule has 17 heavy (non-hydrogen) atoms. The second-order valence-electron chi connectivity index (χ2n) is 3.84. The van der Waals surface area contributed by atoms with Crippen molar-refractivity contribution in [3.8, 4) is 5.75 Å². The second kappa shape index (κ2) is 7.14. The molecule has 0 saturated carbocycles. The van der Waals surface area contributed by atoms with Gasteiger partial charge in [0.05, 0.1) is 18.7 Å². The zero-order valence-corrected chi connectivity index (χ0v) is 11.1. The van der Waals surface area contributed by atoms with E-state index in [1.54, 1.807) is 26.2 Å². The summed E-state index contributed by atoms with van der Waals surface area (Å²) in [6.07, 6.45) is 0. The van der Waals surface area contributed by atoms with Gasteiger partial charge < -0.3 is 15.8 Å². The first-order valence-corrected chi connectivity index (χ1v) is 5.25. The predicted molar refractivity (Wildman–Crippen MR) is 71.7 cm³/mol. The number of para-hydroxylation sites is 2. The molecule has 1 rings (SSSR count). The quantitative estimate of drug-likeness (QED) is 0.869. The number of carbonyl (C=O) groups is 1. The first kappa shape index (κ1) is 15.7. The molecule has 0 aromatic heterocycles. The van der Waals surface area contributed by atoms with Gasteiger partial charge in [0.25, 0.3) is 0 Å². The van der Waals surface area contributed by atoms with Crippen molar-refractivity contribution in [2.75, 3.05) is 12.4 Å². The highest BCUT2D eigenvalue weighted by atomic mass is 35.5. The number of halogens is 1. The topological polar surface area (TPSA) is 64.3 Å². The highest BCUT2D eigenvalue weighted by Crippen LogP contribution is 2.23. The predicted octanol–water partition coefficient (Wildman–Crippen LogP) is 2.04. The van der Waals surface area contributed by atoms with E-state index in [-0.39, 0.29) is 30.3 Å². The van der Waals surface area contributed by atoms with Crippen LogP contribution in [0.15, 0.2) is 24.3 Å². The van der Waals surface area contributed by atoms with Crippen LogP contribution < -0.4 is 15.8 Å². The maximum atomic E-state index is 11.8. The fraction of sp³-hybridized carbons (Fsp3) is 0.417. The minimum absolute atomic E-state index is 0. The lowest BCUT2D eigenvalue weighted by molar-refractivity contribution is -0.119. The summed E-state index contributed by atoms with van der Waals surface area (Å²) >= 11 is 0. The van der Waals surface area contributed by atoms with Crippen molar-refractivity contribution in [3.63, 3.8) is 0 Å². The lowest BCUT2D eigenvalue weighted by atomic mass is 10.0. The van der Waals surface area contributed by atoms with Gasteiger partial charge in [-0.05, 0) is 19.1 Å². The minimum Gasteiger partial charge on any atom is -0.495 e. The van der Waals surface area contributed by atoms with E-state index in [0.29, 0.717) is 11.4 Å². The zero-order chi connectivity index (χ0) is 12.1. The van der Waals surface area contributed by atoms with Crippen LogP contribution in [-0.4, -0.2) is 19.1 Å². The molecule has 0 aliphatic heterocycles. The Balaban J connectivity index is 0.00000256. The van der Waals surface area contributed by atoms with Crippen LogP contribution in [-0.2, 0) is 4.79 Å². The van der Waals surface area contributed by atoms with E-state index in [2.05, 4.69) is 5.32 Å². The maximum Gasteiger partial charge on any atom is 0.228 e. The molecule has 1 amide bonds. The van der Waals surface area contributed by atoms with Gasteiger partial charge in [0.2, 0.25) is 5.91 Å². The molecule has 96 valence electrons. The molecule has 2 unspecified atom stereocenters. The summed E-state index contributed by atoms with van der Waals surface area (Å²) in [5.41, 5.74) is 6.34. The van der Waals surface area contributed by atoms with E-state index in [0.717, 1.165) is 0 Å². The van der Waals surface area contributed by atoms with Crippen LogP contribution in [0.3, 0.4) is 0 Å². The average Bonchev–Trinajstić information content (AvgIpc) is 2.28. The Kier molecular flexibility index (Phi) is 6.61. The molecule has 0 fully saturated rings. The third-order valence-electron chi connectivity index (χ3n) is 2.57. The third kappa shape index (κ3) is 4.24. The van der Waals surface area contributed by atoms with Gasteiger partial charge in [0, 0.05) is 6.04 Å². The van der Waals surface area contributed by atoms with E-state index in [1.165, 1.54) is 0 Å². The molecule has 0 saturated heterocycles.